The summed E-state index contributed by atoms with van der Waals surface area (Å²) < 4.78 is 37.6. The zero-order valence-electron chi connectivity index (χ0n) is 15.8. The number of imidazole rings is 1. The quantitative estimate of drug-likeness (QED) is 0.794. The Labute approximate surface area is 165 Å². The highest BCUT2D eigenvalue weighted by Crippen LogP contribution is 2.27. The second kappa shape index (κ2) is 7.66. The van der Waals surface area contributed by atoms with E-state index in [-0.39, 0.29) is 37.9 Å². The number of carbonyl (C=O) groups is 2. The van der Waals surface area contributed by atoms with E-state index >= 15 is 0 Å². The van der Waals surface area contributed by atoms with Crippen LogP contribution in [0, 0.1) is 0 Å². The van der Waals surface area contributed by atoms with Crippen LogP contribution in [0.2, 0.25) is 0 Å². The maximum Gasteiger partial charge on any atom is 0.471 e. The molecule has 0 atom stereocenters. The Kier molecular flexibility index (Phi) is 5.20. The molecule has 0 unspecified atom stereocenters. The monoisotopic (exact) mass is 409 g/mol. The average molecular weight is 409 g/mol. The Balaban J connectivity index is 1.44. The first-order valence-corrected chi connectivity index (χ1v) is 9.68. The van der Waals surface area contributed by atoms with Gasteiger partial charge in [-0.1, -0.05) is 6.07 Å². The third-order valence-corrected chi connectivity index (χ3v) is 5.62. The molecular weight excluding hydrogens is 387 g/mol. The minimum atomic E-state index is -4.89. The number of amides is 2. The van der Waals surface area contributed by atoms with Crippen molar-refractivity contribution in [2.75, 3.05) is 39.3 Å². The lowest BCUT2D eigenvalue weighted by Gasteiger charge is -2.34. The Hall–Kier alpha value is -2.62. The Morgan fingerprint density at radius 1 is 1.03 bits per heavy atom. The van der Waals surface area contributed by atoms with E-state index in [0.29, 0.717) is 11.4 Å². The molecule has 2 amide bonds. The third-order valence-electron chi connectivity index (χ3n) is 5.62. The Morgan fingerprint density at radius 2 is 1.69 bits per heavy atom. The molecule has 2 aliphatic heterocycles. The molecule has 29 heavy (non-hydrogen) atoms. The van der Waals surface area contributed by atoms with Gasteiger partial charge in [-0.15, -0.1) is 0 Å². The van der Waals surface area contributed by atoms with Crippen molar-refractivity contribution in [2.45, 2.75) is 24.9 Å². The Bertz CT molecular complexity index is 912. The minimum absolute atomic E-state index is 0.0397. The molecule has 0 radical (unpaired) electrons. The van der Waals surface area contributed by atoms with Crippen LogP contribution in [0.15, 0.2) is 18.2 Å². The van der Waals surface area contributed by atoms with Gasteiger partial charge < -0.3 is 20.1 Å². The van der Waals surface area contributed by atoms with Crippen molar-refractivity contribution in [1.82, 2.24) is 25.1 Å². The summed E-state index contributed by atoms with van der Waals surface area (Å²) in [6, 6.07) is 5.96. The number of halogens is 3. The first kappa shape index (κ1) is 19.7. The molecule has 7 nitrogen and oxygen atoms in total. The molecule has 2 saturated heterocycles. The van der Waals surface area contributed by atoms with Gasteiger partial charge in [-0.3, -0.25) is 9.59 Å². The van der Waals surface area contributed by atoms with E-state index in [1.54, 1.807) is 0 Å². The summed E-state index contributed by atoms with van der Waals surface area (Å²) >= 11 is 0. The lowest BCUT2D eigenvalue weighted by atomic mass is 9.90. The molecule has 2 aromatic rings. The first-order chi connectivity index (χ1) is 13.8. The lowest BCUT2D eigenvalue weighted by Crippen LogP contribution is -2.53. The number of benzene rings is 1. The van der Waals surface area contributed by atoms with Gasteiger partial charge in [0.1, 0.15) is 0 Å². The highest BCUT2D eigenvalue weighted by molar-refractivity contribution is 5.94. The fourth-order valence-corrected chi connectivity index (χ4v) is 3.97. The van der Waals surface area contributed by atoms with Gasteiger partial charge in [-0.05, 0) is 49.5 Å². The highest BCUT2D eigenvalue weighted by Gasteiger charge is 2.43. The van der Waals surface area contributed by atoms with Crippen molar-refractivity contribution < 1.29 is 22.8 Å². The van der Waals surface area contributed by atoms with Gasteiger partial charge in [0.2, 0.25) is 0 Å². The number of alkyl halides is 3. The van der Waals surface area contributed by atoms with Crippen molar-refractivity contribution >= 4 is 22.8 Å². The van der Waals surface area contributed by atoms with E-state index in [2.05, 4.69) is 15.3 Å². The number of piperidine rings is 1. The first-order valence-electron chi connectivity index (χ1n) is 9.68. The lowest BCUT2D eigenvalue weighted by molar-refractivity contribution is -0.186. The average Bonchev–Trinajstić information content (AvgIpc) is 3.16. The summed E-state index contributed by atoms with van der Waals surface area (Å²) in [5.41, 5.74) is 2.65. The van der Waals surface area contributed by atoms with E-state index in [1.807, 2.05) is 18.2 Å². The maximum absolute atomic E-state index is 12.7. The topological polar surface area (TPSA) is 81.3 Å². The smallest absolute Gasteiger partial charge is 0.334 e. The van der Waals surface area contributed by atoms with Gasteiger partial charge in [-0.2, -0.15) is 13.2 Å². The molecule has 2 aliphatic rings. The molecule has 0 spiro atoms. The van der Waals surface area contributed by atoms with Crippen molar-refractivity contribution in [1.29, 1.82) is 0 Å². The summed E-state index contributed by atoms with van der Waals surface area (Å²) in [7, 11) is 0. The zero-order valence-corrected chi connectivity index (χ0v) is 15.8. The number of nitrogens with zero attached hydrogens (tertiary/aromatic N) is 3. The fraction of sp³-hybridized carbons (Fsp3) is 0.526. The fourth-order valence-electron chi connectivity index (χ4n) is 3.97. The van der Waals surface area contributed by atoms with Crippen molar-refractivity contribution in [3.8, 4) is 0 Å². The Morgan fingerprint density at radius 3 is 2.34 bits per heavy atom. The van der Waals surface area contributed by atoms with Crippen LogP contribution in [-0.2, 0) is 4.79 Å². The molecule has 0 bridgehead atoms. The van der Waals surface area contributed by atoms with Crippen LogP contribution < -0.4 is 5.32 Å². The number of H-pyrrole nitrogens is 1. The summed E-state index contributed by atoms with van der Waals surface area (Å²) in [4.78, 5) is 33.6. The number of aromatic nitrogens is 2. The molecule has 2 fully saturated rings. The predicted octanol–water partition coefficient (Wildman–Crippen LogP) is 1.88. The van der Waals surface area contributed by atoms with Crippen LogP contribution in [0.3, 0.4) is 0 Å². The van der Waals surface area contributed by atoms with E-state index in [9.17, 15) is 22.8 Å². The summed E-state index contributed by atoms with van der Waals surface area (Å²) in [5, 5.41) is 3.34. The van der Waals surface area contributed by atoms with E-state index in [0.717, 1.165) is 36.3 Å². The summed E-state index contributed by atoms with van der Waals surface area (Å²) in [6.07, 6.45) is -2.78. The largest absolute Gasteiger partial charge is 0.471 e. The molecule has 3 heterocycles. The van der Waals surface area contributed by atoms with E-state index in [1.165, 1.54) is 10.5 Å². The number of piperazine rings is 1. The molecule has 156 valence electrons. The third kappa shape index (κ3) is 4.07. The molecule has 10 heteroatoms. The molecule has 4 rings (SSSR count). The van der Waals surface area contributed by atoms with Crippen LogP contribution in [0.25, 0.3) is 11.0 Å². The van der Waals surface area contributed by atoms with Crippen LogP contribution in [-0.4, -0.2) is 77.0 Å². The van der Waals surface area contributed by atoms with Crippen LogP contribution in [0.1, 0.15) is 34.9 Å². The van der Waals surface area contributed by atoms with Crippen LogP contribution in [0.5, 0.6) is 0 Å². The number of fused-ring (bicyclic) bond motifs is 1. The summed E-state index contributed by atoms with van der Waals surface area (Å²) in [5.74, 6) is -1.60. The van der Waals surface area contributed by atoms with Gasteiger partial charge in [0, 0.05) is 26.2 Å². The molecule has 2 N–H and O–H groups in total. The minimum Gasteiger partial charge on any atom is -0.334 e. The predicted molar refractivity (Wildman–Crippen MR) is 99.5 cm³/mol. The number of nitrogens with one attached hydrogen (secondary N) is 2. The number of rotatable bonds is 2. The van der Waals surface area contributed by atoms with Gasteiger partial charge in [-0.25, -0.2) is 4.98 Å². The maximum atomic E-state index is 12.7. The van der Waals surface area contributed by atoms with Crippen LogP contribution >= 0.6 is 0 Å². The van der Waals surface area contributed by atoms with Crippen LogP contribution in [0.4, 0.5) is 13.2 Å². The van der Waals surface area contributed by atoms with Crippen molar-refractivity contribution in [2.24, 2.45) is 0 Å². The zero-order chi connectivity index (χ0) is 20.6. The number of hydrogen-bond donors (Lipinski definition) is 2. The van der Waals surface area contributed by atoms with Crippen molar-refractivity contribution in [3.05, 3.63) is 29.6 Å². The number of carbonyl (C=O) groups excluding carboxylic acids is 2. The van der Waals surface area contributed by atoms with E-state index in [4.69, 9.17) is 0 Å². The molecule has 0 saturated carbocycles. The highest BCUT2D eigenvalue weighted by atomic mass is 19.4. The molecule has 1 aromatic heterocycles. The van der Waals surface area contributed by atoms with E-state index < -0.39 is 12.1 Å². The standard InChI is InChI=1S/C19H22F3N5O2/c20-19(21,22)18(29)27-9-7-26(8-10-27)17(28)16-24-14-2-1-13(11-15(14)25-16)12-3-5-23-6-4-12/h1-2,11-12,23H,3-10H2,(H,24,25). The molecule has 0 aliphatic carbocycles. The number of hydrogen-bond acceptors (Lipinski definition) is 4. The molecule has 1 aromatic carbocycles. The van der Waals surface area contributed by atoms with Gasteiger partial charge in [0.15, 0.2) is 5.82 Å². The van der Waals surface area contributed by atoms with Gasteiger partial charge >= 0.3 is 12.1 Å². The SMILES string of the molecule is O=C(c1nc2cc(C3CCNCC3)ccc2[nH]1)N1CCN(C(=O)C(F)(F)F)CC1. The second-order valence-electron chi connectivity index (χ2n) is 7.47. The summed E-state index contributed by atoms with van der Waals surface area (Å²) in [6.45, 7) is 1.75. The van der Waals surface area contributed by atoms with Gasteiger partial charge in [0.05, 0.1) is 11.0 Å². The van der Waals surface area contributed by atoms with Gasteiger partial charge in [0.25, 0.3) is 5.91 Å². The molecular formula is C19H22F3N5O2. The number of aromatic amines is 1. The normalized spacial score (nSPS) is 19.0. The second-order valence-corrected chi connectivity index (χ2v) is 7.47. The van der Waals surface area contributed by atoms with Crippen molar-refractivity contribution in [3.63, 3.8) is 0 Å².